The zero-order chi connectivity index (χ0) is 18.6. The standard InChI is InChI=1S/C20H17N3OS3/c1-13(19(24)21-12-14-6-4-10-25-14)27-20-15-7-2-3-8-16(15)22-18(23-20)17-9-5-11-26-17/h2-11,13H,12H2,1H3,(H,21,24)/t13-/m1/s1. The lowest BCUT2D eigenvalue weighted by molar-refractivity contribution is -0.120. The highest BCUT2D eigenvalue weighted by Crippen LogP contribution is 2.32. The molecule has 4 rings (SSSR count). The molecule has 0 aliphatic heterocycles. The normalized spacial score (nSPS) is 12.2. The van der Waals surface area contributed by atoms with Crippen molar-refractivity contribution in [3.05, 3.63) is 64.2 Å². The number of aromatic nitrogens is 2. The molecule has 3 aromatic heterocycles. The first kappa shape index (κ1) is 18.2. The molecule has 0 fully saturated rings. The van der Waals surface area contributed by atoms with Crippen LogP contribution in [-0.4, -0.2) is 21.1 Å². The Kier molecular flexibility index (Phi) is 5.52. The number of fused-ring (bicyclic) bond motifs is 1. The van der Waals surface area contributed by atoms with Gasteiger partial charge in [0.25, 0.3) is 0 Å². The summed E-state index contributed by atoms with van der Waals surface area (Å²) in [7, 11) is 0. The van der Waals surface area contributed by atoms with Crippen molar-refractivity contribution in [2.75, 3.05) is 0 Å². The molecular weight excluding hydrogens is 394 g/mol. The van der Waals surface area contributed by atoms with E-state index in [0.717, 1.165) is 25.7 Å². The smallest absolute Gasteiger partial charge is 0.233 e. The van der Waals surface area contributed by atoms with Crippen molar-refractivity contribution in [1.29, 1.82) is 0 Å². The maximum absolute atomic E-state index is 12.5. The minimum atomic E-state index is -0.251. The number of carbonyl (C=O) groups excluding carboxylic acids is 1. The summed E-state index contributed by atoms with van der Waals surface area (Å²) in [6.45, 7) is 2.47. The van der Waals surface area contributed by atoms with E-state index in [1.54, 1.807) is 22.7 Å². The molecule has 0 aliphatic carbocycles. The van der Waals surface area contributed by atoms with Gasteiger partial charge in [-0.15, -0.1) is 22.7 Å². The quantitative estimate of drug-likeness (QED) is 0.349. The van der Waals surface area contributed by atoms with Crippen LogP contribution >= 0.6 is 34.4 Å². The Hall–Kier alpha value is -2.22. The second kappa shape index (κ2) is 8.21. The summed E-state index contributed by atoms with van der Waals surface area (Å²) >= 11 is 4.73. The summed E-state index contributed by atoms with van der Waals surface area (Å²) in [5.41, 5.74) is 0.893. The van der Waals surface area contributed by atoms with Gasteiger partial charge in [-0.2, -0.15) is 0 Å². The van der Waals surface area contributed by atoms with Crippen LogP contribution in [0.1, 0.15) is 11.8 Å². The summed E-state index contributed by atoms with van der Waals surface area (Å²) in [6, 6.07) is 16.0. The molecule has 27 heavy (non-hydrogen) atoms. The van der Waals surface area contributed by atoms with E-state index in [2.05, 4.69) is 10.3 Å². The minimum Gasteiger partial charge on any atom is -0.350 e. The molecule has 4 nitrogen and oxygen atoms in total. The Morgan fingerprint density at radius 1 is 1.07 bits per heavy atom. The first-order valence-electron chi connectivity index (χ1n) is 8.48. The van der Waals surface area contributed by atoms with Crippen molar-refractivity contribution in [3.8, 4) is 10.7 Å². The summed E-state index contributed by atoms with van der Waals surface area (Å²) in [4.78, 5) is 24.1. The van der Waals surface area contributed by atoms with Gasteiger partial charge in [0.05, 0.1) is 22.2 Å². The SMILES string of the molecule is C[C@@H](Sc1nc(-c2cccs2)nc2ccccc12)C(=O)NCc1cccs1. The fraction of sp³-hybridized carbons (Fsp3) is 0.150. The number of thiophene rings is 2. The van der Waals surface area contributed by atoms with E-state index in [4.69, 9.17) is 4.98 Å². The number of nitrogens with one attached hydrogen (secondary N) is 1. The average molecular weight is 412 g/mol. The van der Waals surface area contributed by atoms with Crippen molar-refractivity contribution in [2.45, 2.75) is 23.7 Å². The van der Waals surface area contributed by atoms with Crippen LogP contribution in [0.3, 0.4) is 0 Å². The topological polar surface area (TPSA) is 54.9 Å². The molecule has 1 aromatic carbocycles. The molecule has 0 saturated heterocycles. The molecule has 0 saturated carbocycles. The van der Waals surface area contributed by atoms with Gasteiger partial charge in [-0.3, -0.25) is 4.79 Å². The Labute approximate surface area is 169 Å². The van der Waals surface area contributed by atoms with Gasteiger partial charge in [-0.1, -0.05) is 42.1 Å². The van der Waals surface area contributed by atoms with Gasteiger partial charge in [0.15, 0.2) is 5.82 Å². The number of carbonyl (C=O) groups is 1. The molecule has 1 amide bonds. The number of hydrogen-bond donors (Lipinski definition) is 1. The third-order valence-electron chi connectivity index (χ3n) is 3.98. The summed E-state index contributed by atoms with van der Waals surface area (Å²) < 4.78 is 0. The minimum absolute atomic E-state index is 0.00812. The lowest BCUT2D eigenvalue weighted by Crippen LogP contribution is -2.30. The Morgan fingerprint density at radius 3 is 2.67 bits per heavy atom. The average Bonchev–Trinajstić information content (AvgIpc) is 3.39. The van der Waals surface area contributed by atoms with Crippen molar-refractivity contribution < 1.29 is 4.79 Å². The Morgan fingerprint density at radius 2 is 1.89 bits per heavy atom. The highest BCUT2D eigenvalue weighted by atomic mass is 32.2. The third kappa shape index (κ3) is 4.21. The van der Waals surface area contributed by atoms with Crippen LogP contribution < -0.4 is 5.32 Å². The molecule has 1 atom stereocenters. The second-order valence-corrected chi connectivity index (χ2v) is 9.21. The van der Waals surface area contributed by atoms with Crippen LogP contribution in [-0.2, 0) is 11.3 Å². The van der Waals surface area contributed by atoms with Gasteiger partial charge in [0.2, 0.25) is 5.91 Å². The number of thioether (sulfide) groups is 1. The van der Waals surface area contributed by atoms with E-state index in [0.29, 0.717) is 12.4 Å². The van der Waals surface area contributed by atoms with Crippen LogP contribution in [0, 0.1) is 0 Å². The summed E-state index contributed by atoms with van der Waals surface area (Å²) in [6.07, 6.45) is 0. The molecule has 4 aromatic rings. The lowest BCUT2D eigenvalue weighted by atomic mass is 10.2. The van der Waals surface area contributed by atoms with E-state index in [9.17, 15) is 4.79 Å². The highest BCUT2D eigenvalue weighted by molar-refractivity contribution is 8.00. The van der Waals surface area contributed by atoms with Crippen LogP contribution in [0.25, 0.3) is 21.6 Å². The van der Waals surface area contributed by atoms with Gasteiger partial charge >= 0.3 is 0 Å². The molecule has 3 heterocycles. The van der Waals surface area contributed by atoms with Crippen molar-refractivity contribution in [3.63, 3.8) is 0 Å². The molecule has 0 unspecified atom stereocenters. The van der Waals surface area contributed by atoms with Gasteiger partial charge in [0.1, 0.15) is 5.03 Å². The number of rotatable bonds is 6. The van der Waals surface area contributed by atoms with Gasteiger partial charge in [-0.05, 0) is 35.9 Å². The molecule has 136 valence electrons. The lowest BCUT2D eigenvalue weighted by Gasteiger charge is -2.13. The number of hydrogen-bond acceptors (Lipinski definition) is 6. The molecule has 7 heteroatoms. The molecule has 0 aliphatic rings. The fourth-order valence-corrected chi connectivity index (χ4v) is 4.87. The number of para-hydroxylation sites is 1. The van der Waals surface area contributed by atoms with Crippen LogP contribution in [0.5, 0.6) is 0 Å². The van der Waals surface area contributed by atoms with Crippen LogP contribution in [0.15, 0.2) is 64.3 Å². The maximum Gasteiger partial charge on any atom is 0.233 e. The van der Waals surface area contributed by atoms with Crippen molar-refractivity contribution in [1.82, 2.24) is 15.3 Å². The number of nitrogens with zero attached hydrogens (tertiary/aromatic N) is 2. The molecule has 1 N–H and O–H groups in total. The third-order valence-corrected chi connectivity index (χ3v) is 6.83. The van der Waals surface area contributed by atoms with E-state index >= 15 is 0 Å². The van der Waals surface area contributed by atoms with Crippen LogP contribution in [0.2, 0.25) is 0 Å². The van der Waals surface area contributed by atoms with E-state index < -0.39 is 0 Å². The van der Waals surface area contributed by atoms with Crippen molar-refractivity contribution >= 4 is 51.2 Å². The molecule has 0 bridgehead atoms. The first-order valence-corrected chi connectivity index (χ1v) is 11.1. The molecule has 0 radical (unpaired) electrons. The van der Waals surface area contributed by atoms with Gasteiger partial charge in [0, 0.05) is 10.3 Å². The molecule has 0 spiro atoms. The number of benzene rings is 1. The first-order chi connectivity index (χ1) is 13.2. The highest BCUT2D eigenvalue weighted by Gasteiger charge is 2.18. The molecular formula is C20H17N3OS3. The Balaban J connectivity index is 1.57. The Bertz CT molecular complexity index is 1050. The van der Waals surface area contributed by atoms with E-state index in [1.165, 1.54) is 11.8 Å². The van der Waals surface area contributed by atoms with E-state index in [-0.39, 0.29) is 11.2 Å². The summed E-state index contributed by atoms with van der Waals surface area (Å²) in [5.74, 6) is 0.714. The van der Waals surface area contributed by atoms with Crippen LogP contribution in [0.4, 0.5) is 0 Å². The largest absolute Gasteiger partial charge is 0.350 e. The number of amides is 1. The van der Waals surface area contributed by atoms with Gasteiger partial charge in [-0.25, -0.2) is 9.97 Å². The predicted molar refractivity (Wildman–Crippen MR) is 114 cm³/mol. The predicted octanol–water partition coefficient (Wildman–Crippen LogP) is 5.22. The summed E-state index contributed by atoms with van der Waals surface area (Å²) in [5, 5.41) is 8.59. The zero-order valence-corrected chi connectivity index (χ0v) is 17.0. The van der Waals surface area contributed by atoms with Crippen molar-refractivity contribution in [2.24, 2.45) is 0 Å². The van der Waals surface area contributed by atoms with E-state index in [1.807, 2.05) is 66.2 Å². The second-order valence-electron chi connectivity index (χ2n) is 5.90. The monoisotopic (exact) mass is 411 g/mol. The fourth-order valence-electron chi connectivity index (χ4n) is 2.61. The zero-order valence-electron chi connectivity index (χ0n) is 14.6. The van der Waals surface area contributed by atoms with Gasteiger partial charge < -0.3 is 5.32 Å². The maximum atomic E-state index is 12.5.